The number of halogens is 1. The van der Waals surface area contributed by atoms with E-state index >= 15 is 0 Å². The van der Waals surface area contributed by atoms with Crippen molar-refractivity contribution in [2.45, 2.75) is 27.2 Å². The molecule has 0 unspecified atom stereocenters. The van der Waals surface area contributed by atoms with Gasteiger partial charge < -0.3 is 16.4 Å². The Morgan fingerprint density at radius 2 is 1.60 bits per heavy atom. The number of carbonyl (C=O) groups excluding carboxylic acids is 1. The minimum atomic E-state index is -0.0717. The summed E-state index contributed by atoms with van der Waals surface area (Å²) < 4.78 is 0. The summed E-state index contributed by atoms with van der Waals surface area (Å²) in [5, 5.41) is 5.87. The van der Waals surface area contributed by atoms with Crippen LogP contribution in [0.15, 0.2) is 47.5 Å². The Hall–Kier alpha value is -2.09. The Labute approximate surface area is 166 Å². The molecule has 4 N–H and O–H groups in total. The SMILES string of the molecule is CC(=O)Nc1ccc(CCN=C(N)Nc2cc(C)cc(C)c2)cc1.I. The molecule has 0 radical (unpaired) electrons. The zero-order chi connectivity index (χ0) is 17.5. The van der Waals surface area contributed by atoms with Crippen molar-refractivity contribution >= 4 is 47.2 Å². The number of guanidine groups is 1. The zero-order valence-electron chi connectivity index (χ0n) is 14.8. The normalized spacial score (nSPS) is 10.8. The number of nitrogens with two attached hydrogens (primary N) is 1. The predicted octanol–water partition coefficient (Wildman–Crippen LogP) is 3.85. The molecule has 5 nitrogen and oxygen atoms in total. The van der Waals surface area contributed by atoms with Gasteiger partial charge in [-0.3, -0.25) is 9.79 Å². The number of hydrogen-bond donors (Lipinski definition) is 3. The third-order valence-corrected chi connectivity index (χ3v) is 3.45. The third-order valence-electron chi connectivity index (χ3n) is 3.45. The maximum absolute atomic E-state index is 11.0. The molecular formula is C19H25IN4O. The molecule has 2 aromatic rings. The van der Waals surface area contributed by atoms with E-state index in [1.165, 1.54) is 18.1 Å². The van der Waals surface area contributed by atoms with Gasteiger partial charge in [-0.1, -0.05) is 18.2 Å². The van der Waals surface area contributed by atoms with Crippen LogP contribution >= 0.6 is 24.0 Å². The minimum absolute atomic E-state index is 0. The molecule has 0 heterocycles. The molecule has 2 rings (SSSR count). The van der Waals surface area contributed by atoms with Gasteiger partial charge in [0.1, 0.15) is 0 Å². The van der Waals surface area contributed by atoms with Gasteiger partial charge in [0.05, 0.1) is 0 Å². The summed E-state index contributed by atoms with van der Waals surface area (Å²) in [7, 11) is 0. The first-order chi connectivity index (χ1) is 11.4. The Kier molecular flexibility index (Phi) is 8.40. The van der Waals surface area contributed by atoms with Crippen LogP contribution in [0.2, 0.25) is 0 Å². The summed E-state index contributed by atoms with van der Waals surface area (Å²) in [6.07, 6.45) is 0.787. The topological polar surface area (TPSA) is 79.5 Å². The number of rotatable bonds is 5. The lowest BCUT2D eigenvalue weighted by Crippen LogP contribution is -2.23. The van der Waals surface area contributed by atoms with Crippen LogP contribution in [0.25, 0.3) is 0 Å². The van der Waals surface area contributed by atoms with Crippen LogP contribution in [0.1, 0.15) is 23.6 Å². The van der Waals surface area contributed by atoms with Crippen molar-refractivity contribution in [1.29, 1.82) is 0 Å². The molecular weight excluding hydrogens is 427 g/mol. The number of carbonyl (C=O) groups is 1. The Morgan fingerprint density at radius 3 is 2.16 bits per heavy atom. The van der Waals surface area contributed by atoms with E-state index < -0.39 is 0 Å². The molecule has 0 aliphatic carbocycles. The molecule has 0 bridgehead atoms. The van der Waals surface area contributed by atoms with E-state index in [9.17, 15) is 4.79 Å². The zero-order valence-corrected chi connectivity index (χ0v) is 17.1. The number of aryl methyl sites for hydroxylation is 2. The quantitative estimate of drug-likeness (QED) is 0.366. The summed E-state index contributed by atoms with van der Waals surface area (Å²) in [4.78, 5) is 15.3. The lowest BCUT2D eigenvalue weighted by atomic mass is 10.1. The van der Waals surface area contributed by atoms with Crippen molar-refractivity contribution in [2.75, 3.05) is 17.2 Å². The van der Waals surface area contributed by atoms with E-state index in [2.05, 4.69) is 35.5 Å². The maximum atomic E-state index is 11.0. The van der Waals surface area contributed by atoms with Crippen molar-refractivity contribution in [1.82, 2.24) is 0 Å². The average Bonchev–Trinajstić information content (AvgIpc) is 2.47. The molecule has 0 saturated heterocycles. The highest BCUT2D eigenvalue weighted by atomic mass is 127. The van der Waals surface area contributed by atoms with Gasteiger partial charge in [0.25, 0.3) is 0 Å². The van der Waals surface area contributed by atoms with Crippen LogP contribution in [0.3, 0.4) is 0 Å². The summed E-state index contributed by atoms with van der Waals surface area (Å²) >= 11 is 0. The summed E-state index contributed by atoms with van der Waals surface area (Å²) in [5.74, 6) is 0.340. The fraction of sp³-hybridized carbons (Fsp3) is 0.263. The molecule has 0 atom stereocenters. The second-order valence-electron chi connectivity index (χ2n) is 5.90. The van der Waals surface area contributed by atoms with Gasteiger partial charge in [0.2, 0.25) is 5.91 Å². The van der Waals surface area contributed by atoms with E-state index in [0.717, 1.165) is 23.4 Å². The van der Waals surface area contributed by atoms with Crippen molar-refractivity contribution in [3.63, 3.8) is 0 Å². The van der Waals surface area contributed by atoms with Gasteiger partial charge in [0.15, 0.2) is 5.96 Å². The molecule has 25 heavy (non-hydrogen) atoms. The van der Waals surface area contributed by atoms with Crippen molar-refractivity contribution in [2.24, 2.45) is 10.7 Å². The van der Waals surface area contributed by atoms with Gasteiger partial charge in [-0.2, -0.15) is 0 Å². The Balaban J connectivity index is 0.00000312. The van der Waals surface area contributed by atoms with Gasteiger partial charge in [-0.25, -0.2) is 0 Å². The van der Waals surface area contributed by atoms with Crippen molar-refractivity contribution in [3.05, 3.63) is 59.2 Å². The number of benzene rings is 2. The van der Waals surface area contributed by atoms with E-state index in [4.69, 9.17) is 5.73 Å². The molecule has 1 amide bonds. The molecule has 6 heteroatoms. The molecule has 134 valence electrons. The van der Waals surface area contributed by atoms with Crippen molar-refractivity contribution in [3.8, 4) is 0 Å². The molecule has 0 aliphatic rings. The fourth-order valence-corrected chi connectivity index (χ4v) is 2.50. The molecule has 0 fully saturated rings. The third kappa shape index (κ3) is 7.55. The number of amides is 1. The van der Waals surface area contributed by atoms with Gasteiger partial charge >= 0.3 is 0 Å². The molecule has 2 aromatic carbocycles. The predicted molar refractivity (Wildman–Crippen MR) is 116 cm³/mol. The number of nitrogens with one attached hydrogen (secondary N) is 2. The van der Waals surface area contributed by atoms with E-state index in [-0.39, 0.29) is 29.9 Å². The molecule has 0 saturated carbocycles. The second-order valence-corrected chi connectivity index (χ2v) is 5.90. The fourth-order valence-electron chi connectivity index (χ4n) is 2.50. The molecule has 0 aliphatic heterocycles. The van der Waals surface area contributed by atoms with Gasteiger partial charge in [-0.05, 0) is 61.2 Å². The smallest absolute Gasteiger partial charge is 0.221 e. The standard InChI is InChI=1S/C19H24N4O.HI/c1-13-10-14(2)12-18(11-13)23-19(20)21-9-8-16-4-6-17(7-5-16)22-15(3)24;/h4-7,10-12H,8-9H2,1-3H3,(H,22,24)(H3,20,21,23);1H. The Bertz CT molecular complexity index is 721. The minimum Gasteiger partial charge on any atom is -0.370 e. The number of aliphatic imine (C=N–C) groups is 1. The van der Waals surface area contributed by atoms with Crippen LogP contribution in [0, 0.1) is 13.8 Å². The largest absolute Gasteiger partial charge is 0.370 e. The number of hydrogen-bond acceptors (Lipinski definition) is 2. The lowest BCUT2D eigenvalue weighted by molar-refractivity contribution is -0.114. The monoisotopic (exact) mass is 452 g/mol. The molecule has 0 spiro atoms. The second kappa shape index (κ2) is 10.0. The summed E-state index contributed by atoms with van der Waals surface area (Å²) in [6.45, 7) is 6.20. The van der Waals surface area contributed by atoms with Gasteiger partial charge in [-0.15, -0.1) is 24.0 Å². The van der Waals surface area contributed by atoms with Crippen LogP contribution < -0.4 is 16.4 Å². The number of nitrogens with zero attached hydrogens (tertiary/aromatic N) is 1. The average molecular weight is 452 g/mol. The van der Waals surface area contributed by atoms with E-state index in [1.54, 1.807) is 0 Å². The van der Waals surface area contributed by atoms with Crippen LogP contribution in [0.4, 0.5) is 11.4 Å². The first-order valence-electron chi connectivity index (χ1n) is 7.94. The van der Waals surface area contributed by atoms with Gasteiger partial charge in [0, 0.05) is 24.8 Å². The first-order valence-corrected chi connectivity index (χ1v) is 7.94. The highest BCUT2D eigenvalue weighted by Crippen LogP contribution is 2.13. The number of anilines is 2. The van der Waals surface area contributed by atoms with Crippen LogP contribution in [0.5, 0.6) is 0 Å². The van der Waals surface area contributed by atoms with Crippen molar-refractivity contribution < 1.29 is 4.79 Å². The lowest BCUT2D eigenvalue weighted by Gasteiger charge is -2.08. The Morgan fingerprint density at radius 1 is 1.00 bits per heavy atom. The highest BCUT2D eigenvalue weighted by Gasteiger charge is 1.99. The molecule has 0 aromatic heterocycles. The van der Waals surface area contributed by atoms with E-state index in [0.29, 0.717) is 12.5 Å². The van der Waals surface area contributed by atoms with E-state index in [1.807, 2.05) is 36.4 Å². The van der Waals surface area contributed by atoms with Crippen LogP contribution in [-0.4, -0.2) is 18.4 Å². The maximum Gasteiger partial charge on any atom is 0.221 e. The van der Waals surface area contributed by atoms with Crippen LogP contribution in [-0.2, 0) is 11.2 Å². The highest BCUT2D eigenvalue weighted by molar-refractivity contribution is 14.0. The summed E-state index contributed by atoms with van der Waals surface area (Å²) in [6, 6.07) is 13.9. The summed E-state index contributed by atoms with van der Waals surface area (Å²) in [5.41, 5.74) is 11.2. The first kappa shape index (κ1) is 21.0.